The molecule has 0 bridgehead atoms. The number of hydrogen-bond acceptors (Lipinski definition) is 1. The molecule has 0 radical (unpaired) electrons. The summed E-state index contributed by atoms with van der Waals surface area (Å²) in [6.07, 6.45) is 15.4. The Morgan fingerprint density at radius 2 is 1.84 bits per heavy atom. The van der Waals surface area contributed by atoms with E-state index in [0.29, 0.717) is 23.5 Å². The fourth-order valence-corrected chi connectivity index (χ4v) is 3.32. The van der Waals surface area contributed by atoms with Gasteiger partial charge in [-0.15, -0.1) is 12.8 Å². The Hall–Kier alpha value is 0.406. The maximum Gasteiger partial charge on any atom is 1.00 e. The van der Waals surface area contributed by atoms with Gasteiger partial charge in [-0.1, -0.05) is 32.3 Å². The van der Waals surface area contributed by atoms with E-state index < -0.39 is 0 Å². The van der Waals surface area contributed by atoms with Crippen LogP contribution in [0.2, 0.25) is 0 Å². The van der Waals surface area contributed by atoms with Crippen LogP contribution in [0.5, 0.6) is 0 Å². The van der Waals surface area contributed by atoms with Crippen molar-refractivity contribution in [3.05, 3.63) is 25.5 Å². The zero-order chi connectivity index (χ0) is 18.1. The first-order valence-electron chi connectivity index (χ1n) is 9.57. The van der Waals surface area contributed by atoms with E-state index in [0.717, 1.165) is 31.7 Å². The van der Waals surface area contributed by atoms with Gasteiger partial charge in [0.05, 0.1) is 5.57 Å². The van der Waals surface area contributed by atoms with Crippen molar-refractivity contribution in [2.45, 2.75) is 71.8 Å². The standard InChI is InChI=1S/C17H25NO.C5H10.K/c1-5-15-9-10-18(13(4)12(15)3)17(19)16(6-2)11-14-7-8-14;1-3-5-4-2;/h2,11-15H,5,7-10H2,1,3-4H3;1-5H2;/q;-2;+1/b16-11+;;. The van der Waals surface area contributed by atoms with Gasteiger partial charge in [-0.2, -0.15) is 12.8 Å². The van der Waals surface area contributed by atoms with E-state index >= 15 is 0 Å². The number of piperidine rings is 1. The van der Waals surface area contributed by atoms with Gasteiger partial charge in [0.1, 0.15) is 0 Å². The Morgan fingerprint density at radius 3 is 2.24 bits per heavy atom. The second-order valence-electron chi connectivity index (χ2n) is 7.18. The summed E-state index contributed by atoms with van der Waals surface area (Å²) in [7, 11) is 0. The van der Waals surface area contributed by atoms with Crippen LogP contribution in [-0.4, -0.2) is 23.4 Å². The van der Waals surface area contributed by atoms with Crippen LogP contribution < -0.4 is 51.4 Å². The molecule has 3 atom stereocenters. The molecule has 2 aliphatic rings. The summed E-state index contributed by atoms with van der Waals surface area (Å²) < 4.78 is 0. The number of likely N-dealkylation sites (tertiary alicyclic amines) is 1. The van der Waals surface area contributed by atoms with Crippen molar-refractivity contribution in [3.8, 4) is 12.3 Å². The summed E-state index contributed by atoms with van der Waals surface area (Å²) in [6.45, 7) is 14.8. The number of rotatable bonds is 5. The van der Waals surface area contributed by atoms with Gasteiger partial charge in [0, 0.05) is 12.6 Å². The molecular formula is C22H35KNO-. The largest absolute Gasteiger partial charge is 1.00 e. The molecule has 1 heterocycles. The van der Waals surface area contributed by atoms with Gasteiger partial charge >= 0.3 is 51.4 Å². The van der Waals surface area contributed by atoms with Gasteiger partial charge in [0.15, 0.2) is 0 Å². The topological polar surface area (TPSA) is 20.3 Å². The minimum absolute atomic E-state index is 0. The molecule has 3 heteroatoms. The molecule has 1 saturated carbocycles. The Bertz CT molecular complexity index is 459. The molecule has 1 aliphatic heterocycles. The first-order chi connectivity index (χ1) is 11.5. The molecule has 2 fully saturated rings. The Kier molecular flexibility index (Phi) is 13.8. The van der Waals surface area contributed by atoms with Gasteiger partial charge in [-0.3, -0.25) is 4.79 Å². The quantitative estimate of drug-likeness (QED) is 0.315. The number of amides is 1. The zero-order valence-electron chi connectivity index (χ0n) is 16.9. The van der Waals surface area contributed by atoms with E-state index in [2.05, 4.69) is 40.5 Å². The monoisotopic (exact) mass is 368 g/mol. The average Bonchev–Trinajstić information content (AvgIpc) is 3.40. The zero-order valence-corrected chi connectivity index (χ0v) is 20.0. The van der Waals surface area contributed by atoms with Crippen LogP contribution in [0.4, 0.5) is 0 Å². The van der Waals surface area contributed by atoms with Crippen LogP contribution in [-0.2, 0) is 4.79 Å². The van der Waals surface area contributed by atoms with Crippen LogP contribution in [0.15, 0.2) is 11.6 Å². The second kappa shape index (κ2) is 13.6. The molecule has 0 aromatic heterocycles. The number of allylic oxidation sites excluding steroid dienone is 1. The van der Waals surface area contributed by atoms with E-state index in [1.165, 1.54) is 25.7 Å². The summed E-state index contributed by atoms with van der Waals surface area (Å²) in [4.78, 5) is 14.5. The average molecular weight is 369 g/mol. The SMILES string of the molecule is C#C/C(=C\C1CC1)C(=O)N1CCC(CC)C(C)C1C.[CH2-]CCC[CH2-].[K+]. The third-order valence-electron chi connectivity index (χ3n) is 5.43. The number of terminal acetylenes is 1. The number of nitrogens with zero attached hydrogens (tertiary/aromatic N) is 1. The van der Waals surface area contributed by atoms with E-state index in [9.17, 15) is 4.79 Å². The van der Waals surface area contributed by atoms with Gasteiger partial charge in [-0.05, 0) is 43.9 Å². The fraction of sp³-hybridized carbons (Fsp3) is 0.682. The van der Waals surface area contributed by atoms with Gasteiger partial charge < -0.3 is 18.7 Å². The molecular weight excluding hydrogens is 333 g/mol. The normalized spacial score (nSPS) is 26.0. The van der Waals surface area contributed by atoms with Crippen LogP contribution in [0.1, 0.15) is 65.7 Å². The Balaban J connectivity index is 0.000000848. The molecule has 136 valence electrons. The Labute approximate surface area is 199 Å². The summed E-state index contributed by atoms with van der Waals surface area (Å²) in [5, 5.41) is 0. The first kappa shape index (κ1) is 25.4. The molecule has 3 unspecified atom stereocenters. The van der Waals surface area contributed by atoms with Crippen molar-refractivity contribution in [2.24, 2.45) is 17.8 Å². The summed E-state index contributed by atoms with van der Waals surface area (Å²) in [5.41, 5.74) is 0.580. The third-order valence-corrected chi connectivity index (χ3v) is 5.43. The van der Waals surface area contributed by atoms with Crippen molar-refractivity contribution >= 4 is 5.91 Å². The van der Waals surface area contributed by atoms with Crippen LogP contribution in [0.3, 0.4) is 0 Å². The molecule has 0 aromatic rings. The maximum atomic E-state index is 12.6. The predicted molar refractivity (Wildman–Crippen MR) is 103 cm³/mol. The second-order valence-corrected chi connectivity index (χ2v) is 7.18. The molecule has 0 N–H and O–H groups in total. The molecule has 1 amide bonds. The summed E-state index contributed by atoms with van der Waals surface area (Å²) in [5.74, 6) is 4.52. The van der Waals surface area contributed by atoms with Crippen LogP contribution in [0.25, 0.3) is 0 Å². The molecule has 0 spiro atoms. The van der Waals surface area contributed by atoms with Crippen molar-refractivity contribution in [1.82, 2.24) is 4.90 Å². The number of unbranched alkanes of at least 4 members (excludes halogenated alkanes) is 2. The third kappa shape index (κ3) is 8.31. The van der Waals surface area contributed by atoms with Gasteiger partial charge in [-0.25, -0.2) is 0 Å². The van der Waals surface area contributed by atoms with Crippen molar-refractivity contribution in [3.63, 3.8) is 0 Å². The van der Waals surface area contributed by atoms with Gasteiger partial charge in [0.2, 0.25) is 0 Å². The van der Waals surface area contributed by atoms with Crippen molar-refractivity contribution in [1.29, 1.82) is 0 Å². The minimum atomic E-state index is 0. The molecule has 2 nitrogen and oxygen atoms in total. The summed E-state index contributed by atoms with van der Waals surface area (Å²) >= 11 is 0. The van der Waals surface area contributed by atoms with E-state index in [1.54, 1.807) is 0 Å². The number of carbonyl (C=O) groups is 1. The van der Waals surface area contributed by atoms with Gasteiger partial charge in [0.25, 0.3) is 5.91 Å². The van der Waals surface area contributed by atoms with Crippen LogP contribution in [0, 0.1) is 43.9 Å². The van der Waals surface area contributed by atoms with Crippen molar-refractivity contribution < 1.29 is 56.2 Å². The maximum absolute atomic E-state index is 12.6. The molecule has 1 saturated heterocycles. The van der Waals surface area contributed by atoms with E-state index in [-0.39, 0.29) is 57.3 Å². The van der Waals surface area contributed by atoms with E-state index in [1.807, 2.05) is 11.0 Å². The minimum Gasteiger partial charge on any atom is -0.343 e. The number of hydrogen-bond donors (Lipinski definition) is 0. The summed E-state index contributed by atoms with van der Waals surface area (Å²) in [6, 6.07) is 0.294. The van der Waals surface area contributed by atoms with Crippen molar-refractivity contribution in [2.75, 3.05) is 6.54 Å². The Morgan fingerprint density at radius 1 is 1.24 bits per heavy atom. The van der Waals surface area contributed by atoms with E-state index in [4.69, 9.17) is 6.42 Å². The smallest absolute Gasteiger partial charge is 0.343 e. The molecule has 0 aromatic carbocycles. The molecule has 25 heavy (non-hydrogen) atoms. The predicted octanol–water partition coefficient (Wildman–Crippen LogP) is 2.07. The first-order valence-corrected chi connectivity index (χ1v) is 9.57. The molecule has 1 aliphatic carbocycles. The molecule has 2 rings (SSSR count). The van der Waals surface area contributed by atoms with Crippen LogP contribution >= 0.6 is 0 Å². The number of carbonyl (C=O) groups excluding carboxylic acids is 1. The fourth-order valence-electron chi connectivity index (χ4n) is 3.32.